The third-order valence-electron chi connectivity index (χ3n) is 1.98. The van der Waals surface area contributed by atoms with Crippen LogP contribution in [-0.4, -0.2) is 16.8 Å². The molecule has 0 fully saturated rings. The molecule has 0 aromatic heterocycles. The van der Waals surface area contributed by atoms with Crippen LogP contribution in [0.1, 0.15) is 21.5 Å². The van der Waals surface area contributed by atoms with Gasteiger partial charge in [-0.2, -0.15) is 18.4 Å². The highest BCUT2D eigenvalue weighted by atomic mass is 35.5. The predicted molar refractivity (Wildman–Crippen MR) is 52.9 cm³/mol. The number of halogens is 4. The van der Waals surface area contributed by atoms with Gasteiger partial charge in [-0.15, -0.1) is 11.6 Å². The lowest BCUT2D eigenvalue weighted by molar-refractivity contribution is -0.138. The number of nitriles is 1. The molecule has 0 unspecified atom stereocenters. The Bertz CT molecular complexity index is 505. The van der Waals surface area contributed by atoms with Gasteiger partial charge in [0.05, 0.1) is 17.0 Å². The molecule has 0 aliphatic heterocycles. The highest BCUT2D eigenvalue weighted by Gasteiger charge is 2.35. The Kier molecular flexibility index (Phi) is 3.63. The number of carbonyl (C=O) groups is 1. The van der Waals surface area contributed by atoms with Gasteiger partial charge in [-0.25, -0.2) is 0 Å². The van der Waals surface area contributed by atoms with Gasteiger partial charge < -0.3 is 5.11 Å². The molecule has 1 rings (SSSR count). The molecular weight excluding hydrogens is 259 g/mol. The Labute approximate surface area is 99.0 Å². The van der Waals surface area contributed by atoms with E-state index in [2.05, 4.69) is 0 Å². The lowest BCUT2D eigenvalue weighted by Crippen LogP contribution is -2.10. The molecule has 0 saturated carbocycles. The van der Waals surface area contributed by atoms with E-state index in [1.807, 2.05) is 0 Å². The van der Waals surface area contributed by atoms with Crippen molar-refractivity contribution in [2.75, 3.05) is 5.88 Å². The van der Waals surface area contributed by atoms with Crippen LogP contribution in [0.4, 0.5) is 13.2 Å². The molecule has 0 amide bonds. The van der Waals surface area contributed by atoms with Gasteiger partial charge >= 0.3 is 6.18 Å². The van der Waals surface area contributed by atoms with E-state index < -0.39 is 34.7 Å². The highest BCUT2D eigenvalue weighted by Crippen LogP contribution is 2.37. The van der Waals surface area contributed by atoms with Crippen molar-refractivity contribution in [2.45, 2.75) is 6.18 Å². The van der Waals surface area contributed by atoms with Crippen molar-refractivity contribution in [3.05, 3.63) is 28.8 Å². The second-order valence-corrected chi connectivity index (χ2v) is 3.35. The number of nitrogens with zero attached hydrogens (tertiary/aromatic N) is 1. The summed E-state index contributed by atoms with van der Waals surface area (Å²) in [6.45, 7) is 0. The fourth-order valence-electron chi connectivity index (χ4n) is 1.21. The molecular formula is C10H5ClF3NO2. The number of rotatable bonds is 2. The molecule has 0 heterocycles. The van der Waals surface area contributed by atoms with Crippen molar-refractivity contribution in [3.8, 4) is 11.8 Å². The topological polar surface area (TPSA) is 61.1 Å². The monoisotopic (exact) mass is 263 g/mol. The van der Waals surface area contributed by atoms with Crippen LogP contribution in [0, 0.1) is 11.3 Å². The zero-order valence-electron chi connectivity index (χ0n) is 8.18. The Morgan fingerprint density at radius 2 is 2.06 bits per heavy atom. The van der Waals surface area contributed by atoms with E-state index in [1.54, 1.807) is 0 Å². The summed E-state index contributed by atoms with van der Waals surface area (Å²) in [4.78, 5) is 11.3. The Morgan fingerprint density at radius 3 is 2.47 bits per heavy atom. The summed E-state index contributed by atoms with van der Waals surface area (Å²) < 4.78 is 37.3. The predicted octanol–water partition coefficient (Wildman–Crippen LogP) is 2.70. The van der Waals surface area contributed by atoms with Gasteiger partial charge in [0.2, 0.25) is 0 Å². The number of hydrogen-bond donors (Lipinski definition) is 1. The quantitative estimate of drug-likeness (QED) is 0.659. The zero-order chi connectivity index (χ0) is 13.2. The van der Waals surface area contributed by atoms with E-state index in [0.717, 1.165) is 0 Å². The first kappa shape index (κ1) is 13.3. The smallest absolute Gasteiger partial charge is 0.419 e. The second kappa shape index (κ2) is 4.63. The molecule has 1 aromatic rings. The molecule has 0 radical (unpaired) electrons. The first-order valence-corrected chi connectivity index (χ1v) is 4.78. The SMILES string of the molecule is N#Cc1cc(O)c(C(F)(F)F)cc1C(=O)CCl. The molecule has 1 aromatic carbocycles. The van der Waals surface area contributed by atoms with E-state index in [1.165, 1.54) is 6.07 Å². The van der Waals surface area contributed by atoms with Crippen LogP contribution < -0.4 is 0 Å². The van der Waals surface area contributed by atoms with Crippen molar-refractivity contribution in [3.63, 3.8) is 0 Å². The standard InChI is InChI=1S/C10H5ClF3NO2/c11-3-9(17)6-2-7(10(12,13)14)8(16)1-5(6)4-15/h1-2,16H,3H2. The fourth-order valence-corrected chi connectivity index (χ4v) is 1.35. The van der Waals surface area contributed by atoms with Crippen LogP contribution in [0.3, 0.4) is 0 Å². The van der Waals surface area contributed by atoms with E-state index in [9.17, 15) is 18.0 Å². The van der Waals surface area contributed by atoms with Gasteiger partial charge in [-0.3, -0.25) is 4.79 Å². The normalized spacial score (nSPS) is 11.0. The minimum Gasteiger partial charge on any atom is -0.507 e. The van der Waals surface area contributed by atoms with Gasteiger partial charge in [0.15, 0.2) is 5.78 Å². The van der Waals surface area contributed by atoms with E-state index in [-0.39, 0.29) is 5.56 Å². The summed E-state index contributed by atoms with van der Waals surface area (Å²) >= 11 is 5.22. The molecule has 1 N–H and O–H groups in total. The number of Topliss-reactive ketones (excluding diaryl/α,β-unsaturated/α-hetero) is 1. The average Bonchev–Trinajstić information content (AvgIpc) is 2.25. The third kappa shape index (κ3) is 2.68. The van der Waals surface area contributed by atoms with E-state index in [4.69, 9.17) is 22.0 Å². The summed E-state index contributed by atoms with van der Waals surface area (Å²) in [5, 5.41) is 17.8. The van der Waals surface area contributed by atoms with Crippen molar-refractivity contribution in [2.24, 2.45) is 0 Å². The second-order valence-electron chi connectivity index (χ2n) is 3.08. The average molecular weight is 264 g/mol. The van der Waals surface area contributed by atoms with Gasteiger partial charge in [0.25, 0.3) is 0 Å². The molecule has 0 aliphatic carbocycles. The summed E-state index contributed by atoms with van der Waals surface area (Å²) in [6.07, 6.45) is -4.81. The largest absolute Gasteiger partial charge is 0.507 e. The van der Waals surface area contributed by atoms with Crippen molar-refractivity contribution in [1.82, 2.24) is 0 Å². The van der Waals surface area contributed by atoms with Crippen LogP contribution in [0.15, 0.2) is 12.1 Å². The van der Waals surface area contributed by atoms with Crippen molar-refractivity contribution >= 4 is 17.4 Å². The Morgan fingerprint density at radius 1 is 1.47 bits per heavy atom. The summed E-state index contributed by atoms with van der Waals surface area (Å²) in [6, 6.07) is 2.55. The van der Waals surface area contributed by atoms with Crippen LogP contribution in [-0.2, 0) is 6.18 Å². The van der Waals surface area contributed by atoms with Crippen molar-refractivity contribution in [1.29, 1.82) is 5.26 Å². The van der Waals surface area contributed by atoms with E-state index >= 15 is 0 Å². The molecule has 0 bridgehead atoms. The minimum absolute atomic E-state index is 0.346. The number of carbonyl (C=O) groups excluding carboxylic acids is 1. The fraction of sp³-hybridized carbons (Fsp3) is 0.200. The summed E-state index contributed by atoms with van der Waals surface area (Å²) in [5.74, 6) is -2.45. The zero-order valence-corrected chi connectivity index (χ0v) is 8.93. The van der Waals surface area contributed by atoms with Crippen LogP contribution in [0.2, 0.25) is 0 Å². The number of phenolic OH excluding ortho intramolecular Hbond substituents is 1. The summed E-state index contributed by atoms with van der Waals surface area (Å²) in [7, 11) is 0. The molecule has 0 spiro atoms. The Hall–Kier alpha value is -1.74. The Balaban J connectivity index is 3.50. The van der Waals surface area contributed by atoms with Gasteiger partial charge in [-0.1, -0.05) is 0 Å². The molecule has 90 valence electrons. The number of hydrogen-bond acceptors (Lipinski definition) is 3. The number of alkyl halides is 4. The molecule has 17 heavy (non-hydrogen) atoms. The molecule has 0 atom stereocenters. The first-order chi connectivity index (χ1) is 7.81. The highest BCUT2D eigenvalue weighted by molar-refractivity contribution is 6.30. The maximum absolute atomic E-state index is 12.4. The minimum atomic E-state index is -4.81. The molecule has 0 aliphatic rings. The van der Waals surface area contributed by atoms with Crippen LogP contribution >= 0.6 is 11.6 Å². The number of aromatic hydroxyl groups is 1. The number of benzene rings is 1. The van der Waals surface area contributed by atoms with Crippen LogP contribution in [0.5, 0.6) is 5.75 Å². The maximum Gasteiger partial charge on any atom is 0.419 e. The third-order valence-corrected chi connectivity index (χ3v) is 2.23. The molecule has 3 nitrogen and oxygen atoms in total. The van der Waals surface area contributed by atoms with Crippen LogP contribution in [0.25, 0.3) is 0 Å². The number of ketones is 1. The number of phenols is 1. The lowest BCUT2D eigenvalue weighted by Gasteiger charge is -2.11. The van der Waals surface area contributed by atoms with Gasteiger partial charge in [0.1, 0.15) is 11.8 Å². The van der Waals surface area contributed by atoms with Crippen molar-refractivity contribution < 1.29 is 23.1 Å². The van der Waals surface area contributed by atoms with Gasteiger partial charge in [-0.05, 0) is 12.1 Å². The maximum atomic E-state index is 12.4. The van der Waals surface area contributed by atoms with E-state index in [0.29, 0.717) is 12.1 Å². The molecule has 7 heteroatoms. The molecule has 0 saturated heterocycles. The lowest BCUT2D eigenvalue weighted by atomic mass is 10.0. The summed E-state index contributed by atoms with van der Waals surface area (Å²) in [5.41, 5.74) is -2.17. The van der Waals surface area contributed by atoms with Gasteiger partial charge in [0, 0.05) is 5.56 Å². The first-order valence-electron chi connectivity index (χ1n) is 4.24.